The molecule has 2 heterocycles. The van der Waals surface area contributed by atoms with Crippen LogP contribution in [-0.4, -0.2) is 61.0 Å². The molecule has 1 aromatic heterocycles. The van der Waals surface area contributed by atoms with Gasteiger partial charge in [-0.1, -0.05) is 13.3 Å². The first kappa shape index (κ1) is 14.6. The second-order valence-corrected chi connectivity index (χ2v) is 5.14. The minimum Gasteiger partial charge on any atom is -0.360 e. The number of carbonyl (C=O) groups is 1. The van der Waals surface area contributed by atoms with Crippen molar-refractivity contribution in [2.24, 2.45) is 0 Å². The highest BCUT2D eigenvalue weighted by molar-refractivity contribution is 5.52. The predicted molar refractivity (Wildman–Crippen MR) is 80.1 cm³/mol. The molecule has 0 N–H and O–H groups in total. The van der Waals surface area contributed by atoms with Crippen LogP contribution in [0.3, 0.4) is 0 Å². The number of carbonyl (C=O) groups excluding carboxylic acids is 1. The zero-order valence-electron chi connectivity index (χ0n) is 12.3. The molecule has 2 rings (SSSR count). The Morgan fingerprint density at radius 1 is 1.30 bits per heavy atom. The van der Waals surface area contributed by atoms with Crippen molar-refractivity contribution in [3.05, 3.63) is 12.4 Å². The van der Waals surface area contributed by atoms with Gasteiger partial charge in [0.2, 0.25) is 6.41 Å². The quantitative estimate of drug-likeness (QED) is 0.726. The smallest absolute Gasteiger partial charge is 0.209 e. The van der Waals surface area contributed by atoms with E-state index in [1.165, 1.54) is 6.42 Å². The van der Waals surface area contributed by atoms with Crippen LogP contribution in [-0.2, 0) is 4.79 Å². The van der Waals surface area contributed by atoms with Crippen LogP contribution in [0.2, 0.25) is 0 Å². The molecule has 0 bridgehead atoms. The van der Waals surface area contributed by atoms with Crippen LogP contribution in [0.1, 0.15) is 19.8 Å². The van der Waals surface area contributed by atoms with Crippen LogP contribution in [0.5, 0.6) is 0 Å². The second kappa shape index (κ2) is 7.07. The van der Waals surface area contributed by atoms with Crippen LogP contribution in [0, 0.1) is 0 Å². The highest BCUT2D eigenvalue weighted by atomic mass is 16.1. The molecule has 0 aliphatic carbocycles. The fourth-order valence-corrected chi connectivity index (χ4v) is 2.29. The van der Waals surface area contributed by atoms with Crippen LogP contribution in [0.15, 0.2) is 12.4 Å². The van der Waals surface area contributed by atoms with E-state index in [9.17, 15) is 4.79 Å². The van der Waals surface area contributed by atoms with Crippen LogP contribution < -0.4 is 9.80 Å². The Morgan fingerprint density at radius 3 is 2.70 bits per heavy atom. The molecule has 6 heteroatoms. The minimum absolute atomic E-state index is 0.758. The standard InChI is InChI=1S/C14H23N5O/c1-3-4-5-17(2)13-10-14(16-11-15-13)19-8-6-18(12-20)7-9-19/h10-12H,3-9H2,1-2H3. The van der Waals surface area contributed by atoms with Gasteiger partial charge in [0.05, 0.1) is 0 Å². The largest absolute Gasteiger partial charge is 0.360 e. The summed E-state index contributed by atoms with van der Waals surface area (Å²) >= 11 is 0. The molecule has 1 aromatic rings. The first-order valence-corrected chi connectivity index (χ1v) is 7.22. The van der Waals surface area contributed by atoms with E-state index in [-0.39, 0.29) is 0 Å². The Morgan fingerprint density at radius 2 is 2.05 bits per heavy atom. The van der Waals surface area contributed by atoms with Gasteiger partial charge in [-0.3, -0.25) is 4.79 Å². The van der Waals surface area contributed by atoms with Crippen molar-refractivity contribution in [3.8, 4) is 0 Å². The van der Waals surface area contributed by atoms with E-state index in [2.05, 4.69) is 33.7 Å². The third-order valence-electron chi connectivity index (χ3n) is 3.66. The van der Waals surface area contributed by atoms with Gasteiger partial charge in [-0.15, -0.1) is 0 Å². The number of amides is 1. The lowest BCUT2D eigenvalue weighted by Crippen LogP contribution is -2.46. The molecule has 0 unspecified atom stereocenters. The topological polar surface area (TPSA) is 52.6 Å². The van der Waals surface area contributed by atoms with Crippen molar-refractivity contribution in [1.82, 2.24) is 14.9 Å². The average Bonchev–Trinajstić information content (AvgIpc) is 2.52. The Hall–Kier alpha value is -1.85. The summed E-state index contributed by atoms with van der Waals surface area (Å²) in [5.41, 5.74) is 0. The zero-order valence-corrected chi connectivity index (χ0v) is 12.3. The number of rotatable bonds is 6. The monoisotopic (exact) mass is 277 g/mol. The number of anilines is 2. The molecule has 1 fully saturated rings. The first-order chi connectivity index (χ1) is 9.74. The van der Waals surface area contributed by atoms with Crippen LogP contribution in [0.25, 0.3) is 0 Å². The maximum absolute atomic E-state index is 10.7. The van der Waals surface area contributed by atoms with Gasteiger partial charge in [-0.25, -0.2) is 9.97 Å². The third-order valence-corrected chi connectivity index (χ3v) is 3.66. The zero-order chi connectivity index (χ0) is 14.4. The number of piperazine rings is 1. The summed E-state index contributed by atoms with van der Waals surface area (Å²) in [6, 6.07) is 2.03. The van der Waals surface area contributed by atoms with E-state index >= 15 is 0 Å². The first-order valence-electron chi connectivity index (χ1n) is 7.22. The Kier molecular flexibility index (Phi) is 5.15. The van der Waals surface area contributed by atoms with Crippen molar-refractivity contribution in [1.29, 1.82) is 0 Å². The fraction of sp³-hybridized carbons (Fsp3) is 0.643. The summed E-state index contributed by atoms with van der Waals surface area (Å²) in [6.07, 6.45) is 4.88. The van der Waals surface area contributed by atoms with Gasteiger partial charge >= 0.3 is 0 Å². The fourth-order valence-electron chi connectivity index (χ4n) is 2.29. The van der Waals surface area contributed by atoms with Crippen molar-refractivity contribution in [2.75, 3.05) is 49.6 Å². The van der Waals surface area contributed by atoms with E-state index < -0.39 is 0 Å². The van der Waals surface area contributed by atoms with Crippen molar-refractivity contribution in [3.63, 3.8) is 0 Å². The summed E-state index contributed by atoms with van der Waals surface area (Å²) < 4.78 is 0. The molecule has 0 saturated carbocycles. The molecule has 0 atom stereocenters. The summed E-state index contributed by atoms with van der Waals surface area (Å²) in [5.74, 6) is 1.91. The second-order valence-electron chi connectivity index (χ2n) is 5.14. The molecule has 0 spiro atoms. The molecule has 20 heavy (non-hydrogen) atoms. The van der Waals surface area contributed by atoms with E-state index in [1.54, 1.807) is 11.2 Å². The molecule has 0 radical (unpaired) electrons. The number of unbranched alkanes of at least 4 members (excludes halogenated alkanes) is 1. The molecule has 1 aliphatic heterocycles. The van der Waals surface area contributed by atoms with Gasteiger partial charge in [0, 0.05) is 45.8 Å². The Bertz CT molecular complexity index is 431. The molecule has 6 nitrogen and oxygen atoms in total. The predicted octanol–water partition coefficient (Wildman–Crippen LogP) is 0.991. The average molecular weight is 277 g/mol. The van der Waals surface area contributed by atoms with Crippen molar-refractivity contribution >= 4 is 18.0 Å². The molecule has 1 aliphatic rings. The van der Waals surface area contributed by atoms with E-state index in [4.69, 9.17) is 0 Å². The van der Waals surface area contributed by atoms with Gasteiger partial charge in [-0.2, -0.15) is 0 Å². The normalized spacial score (nSPS) is 15.3. The number of nitrogens with zero attached hydrogens (tertiary/aromatic N) is 5. The summed E-state index contributed by atoms with van der Waals surface area (Å²) in [4.78, 5) is 25.6. The summed E-state index contributed by atoms with van der Waals surface area (Å²) in [6.45, 7) is 6.36. The molecule has 1 amide bonds. The maximum Gasteiger partial charge on any atom is 0.209 e. The summed E-state index contributed by atoms with van der Waals surface area (Å²) in [5, 5.41) is 0. The molecular weight excluding hydrogens is 254 g/mol. The van der Waals surface area contributed by atoms with Crippen LogP contribution in [0.4, 0.5) is 11.6 Å². The highest BCUT2D eigenvalue weighted by Crippen LogP contribution is 2.18. The van der Waals surface area contributed by atoms with E-state index in [0.717, 1.165) is 57.2 Å². The molecule has 1 saturated heterocycles. The van der Waals surface area contributed by atoms with E-state index in [0.29, 0.717) is 0 Å². The SMILES string of the molecule is CCCCN(C)c1cc(N2CCN(C=O)CC2)ncn1. The maximum atomic E-state index is 10.7. The molecular formula is C14H23N5O. The van der Waals surface area contributed by atoms with Gasteiger partial charge in [-0.05, 0) is 6.42 Å². The van der Waals surface area contributed by atoms with Gasteiger partial charge in [0.25, 0.3) is 0 Å². The highest BCUT2D eigenvalue weighted by Gasteiger charge is 2.17. The Balaban J connectivity index is 2.00. The van der Waals surface area contributed by atoms with Gasteiger partial charge in [0.15, 0.2) is 0 Å². The number of hydrogen-bond acceptors (Lipinski definition) is 5. The molecule has 0 aromatic carbocycles. The Labute approximate surface area is 120 Å². The van der Waals surface area contributed by atoms with E-state index in [1.807, 2.05) is 6.07 Å². The third kappa shape index (κ3) is 3.59. The lowest BCUT2D eigenvalue weighted by molar-refractivity contribution is -0.118. The van der Waals surface area contributed by atoms with Crippen molar-refractivity contribution < 1.29 is 4.79 Å². The summed E-state index contributed by atoms with van der Waals surface area (Å²) in [7, 11) is 2.06. The number of aromatic nitrogens is 2. The van der Waals surface area contributed by atoms with Crippen molar-refractivity contribution in [2.45, 2.75) is 19.8 Å². The molecule has 110 valence electrons. The minimum atomic E-state index is 0.758. The lowest BCUT2D eigenvalue weighted by Gasteiger charge is -2.33. The number of hydrogen-bond donors (Lipinski definition) is 0. The van der Waals surface area contributed by atoms with Gasteiger partial charge < -0.3 is 14.7 Å². The van der Waals surface area contributed by atoms with Gasteiger partial charge in [0.1, 0.15) is 18.0 Å². The lowest BCUT2D eigenvalue weighted by atomic mass is 10.3. The van der Waals surface area contributed by atoms with Crippen LogP contribution >= 0.6 is 0 Å².